The van der Waals surface area contributed by atoms with Gasteiger partial charge in [-0.25, -0.2) is 4.98 Å². The summed E-state index contributed by atoms with van der Waals surface area (Å²) in [4.78, 5) is 14.1. The van der Waals surface area contributed by atoms with Crippen LogP contribution in [0, 0.1) is 13.7 Å². The van der Waals surface area contributed by atoms with Gasteiger partial charge in [-0.3, -0.25) is 14.5 Å². The van der Waals surface area contributed by atoms with Crippen LogP contribution < -0.4 is 0 Å². The summed E-state index contributed by atoms with van der Waals surface area (Å²) in [5.74, 6) is 0. The van der Waals surface area contributed by atoms with Crippen LogP contribution >= 0.6 is 22.6 Å². The molecule has 0 unspecified atom stereocenters. The molecule has 0 aliphatic rings. The quantitative estimate of drug-likeness (QED) is 0.457. The second kappa shape index (κ2) is 2.95. The third kappa shape index (κ3) is 1.37. The molecule has 0 bridgehead atoms. The molecule has 6 heteroatoms. The predicted octanol–water partition coefficient (Wildman–Crippen LogP) is 1.85. The van der Waals surface area contributed by atoms with E-state index >= 15 is 0 Å². The van der Waals surface area contributed by atoms with Crippen LogP contribution in [-0.4, -0.2) is 14.3 Å². The number of pyridine rings is 1. The molecule has 0 N–H and O–H groups in total. The highest BCUT2D eigenvalue weighted by Gasteiger charge is 2.09. The summed E-state index contributed by atoms with van der Waals surface area (Å²) in [5.41, 5.74) is 0.820. The van der Waals surface area contributed by atoms with Gasteiger partial charge in [-0.1, -0.05) is 0 Å². The predicted molar refractivity (Wildman–Crippen MR) is 54.6 cm³/mol. The van der Waals surface area contributed by atoms with Crippen LogP contribution in [0.25, 0.3) is 5.65 Å². The molecule has 0 spiro atoms. The van der Waals surface area contributed by atoms with Gasteiger partial charge in [0, 0.05) is 18.5 Å². The first-order chi connectivity index (χ1) is 6.18. The van der Waals surface area contributed by atoms with Crippen LogP contribution in [0.4, 0.5) is 5.69 Å². The van der Waals surface area contributed by atoms with E-state index in [1.165, 1.54) is 12.3 Å². The molecule has 66 valence electrons. The molecular weight excluding hydrogens is 285 g/mol. The Kier molecular flexibility index (Phi) is 1.91. The fraction of sp³-hybridized carbons (Fsp3) is 0. The summed E-state index contributed by atoms with van der Waals surface area (Å²) in [7, 11) is 0. The van der Waals surface area contributed by atoms with Crippen LogP contribution in [0.1, 0.15) is 0 Å². The Labute approximate surface area is 86.7 Å². The van der Waals surface area contributed by atoms with Crippen molar-refractivity contribution in [3.8, 4) is 0 Å². The van der Waals surface area contributed by atoms with E-state index in [9.17, 15) is 10.1 Å². The zero-order valence-electron chi connectivity index (χ0n) is 6.35. The SMILES string of the molecule is O=[N+]([O-])c1cc(I)c2nccn2c1. The summed E-state index contributed by atoms with van der Waals surface area (Å²) < 4.78 is 2.41. The topological polar surface area (TPSA) is 60.4 Å². The molecule has 13 heavy (non-hydrogen) atoms. The van der Waals surface area contributed by atoms with Crippen LogP contribution in [-0.2, 0) is 0 Å². The first-order valence-corrected chi connectivity index (χ1v) is 4.53. The molecule has 2 heterocycles. The molecule has 0 saturated carbocycles. The van der Waals surface area contributed by atoms with Crippen LogP contribution in [0.15, 0.2) is 24.7 Å². The van der Waals surface area contributed by atoms with Gasteiger partial charge in [0.05, 0.1) is 14.7 Å². The Morgan fingerprint density at radius 1 is 1.62 bits per heavy atom. The molecule has 5 nitrogen and oxygen atoms in total. The molecule has 0 aromatic carbocycles. The van der Waals surface area contributed by atoms with E-state index in [1.807, 2.05) is 22.6 Å². The van der Waals surface area contributed by atoms with Crippen molar-refractivity contribution in [3.63, 3.8) is 0 Å². The van der Waals surface area contributed by atoms with Gasteiger partial charge in [-0.15, -0.1) is 0 Å². The minimum absolute atomic E-state index is 0.0786. The van der Waals surface area contributed by atoms with Gasteiger partial charge in [0.1, 0.15) is 0 Å². The summed E-state index contributed by atoms with van der Waals surface area (Å²) in [5, 5.41) is 10.5. The van der Waals surface area contributed by atoms with E-state index in [-0.39, 0.29) is 5.69 Å². The van der Waals surface area contributed by atoms with Crippen molar-refractivity contribution in [2.45, 2.75) is 0 Å². The van der Waals surface area contributed by atoms with Gasteiger partial charge in [-0.05, 0) is 22.6 Å². The van der Waals surface area contributed by atoms with Crippen LogP contribution in [0.5, 0.6) is 0 Å². The van der Waals surface area contributed by atoms with Crippen molar-refractivity contribution in [1.29, 1.82) is 0 Å². The average molecular weight is 289 g/mol. The van der Waals surface area contributed by atoms with Gasteiger partial charge in [0.25, 0.3) is 5.69 Å². The molecule has 0 saturated heterocycles. The van der Waals surface area contributed by atoms with Crippen LogP contribution in [0.3, 0.4) is 0 Å². The lowest BCUT2D eigenvalue weighted by Crippen LogP contribution is -1.93. The number of fused-ring (bicyclic) bond motifs is 1. The Balaban J connectivity index is 2.77. The number of rotatable bonds is 1. The lowest BCUT2D eigenvalue weighted by molar-refractivity contribution is -0.385. The number of nitrogens with zero attached hydrogens (tertiary/aromatic N) is 3. The Morgan fingerprint density at radius 2 is 2.38 bits per heavy atom. The summed E-state index contributed by atoms with van der Waals surface area (Å²) >= 11 is 2.03. The maximum Gasteiger partial charge on any atom is 0.287 e. The van der Waals surface area contributed by atoms with E-state index < -0.39 is 4.92 Å². The van der Waals surface area contributed by atoms with Crippen molar-refractivity contribution < 1.29 is 4.92 Å². The van der Waals surface area contributed by atoms with Gasteiger partial charge >= 0.3 is 0 Å². The maximum atomic E-state index is 10.5. The van der Waals surface area contributed by atoms with Gasteiger partial charge in [-0.2, -0.15) is 0 Å². The van der Waals surface area contributed by atoms with E-state index in [2.05, 4.69) is 4.98 Å². The summed E-state index contributed by atoms with van der Waals surface area (Å²) in [6.07, 6.45) is 4.75. The number of aromatic nitrogens is 2. The highest BCUT2D eigenvalue weighted by molar-refractivity contribution is 14.1. The fourth-order valence-corrected chi connectivity index (χ4v) is 1.81. The molecule has 2 rings (SSSR count). The standard InChI is InChI=1S/C7H4IN3O2/c8-6-3-5(11(12)13)4-10-2-1-9-7(6)10/h1-4H. The number of halogens is 1. The number of hydrogen-bond donors (Lipinski definition) is 0. The second-order valence-electron chi connectivity index (χ2n) is 2.46. The minimum Gasteiger partial charge on any atom is -0.299 e. The highest BCUT2D eigenvalue weighted by atomic mass is 127. The molecule has 0 fully saturated rings. The molecule has 0 radical (unpaired) electrons. The van der Waals surface area contributed by atoms with Crippen molar-refractivity contribution in [2.75, 3.05) is 0 Å². The van der Waals surface area contributed by atoms with Crippen molar-refractivity contribution in [1.82, 2.24) is 9.38 Å². The van der Waals surface area contributed by atoms with Crippen LogP contribution in [0.2, 0.25) is 0 Å². The smallest absolute Gasteiger partial charge is 0.287 e. The molecule has 0 aliphatic carbocycles. The fourth-order valence-electron chi connectivity index (χ4n) is 1.08. The lowest BCUT2D eigenvalue weighted by Gasteiger charge is -1.96. The summed E-state index contributed by atoms with van der Waals surface area (Å²) in [6, 6.07) is 1.50. The van der Waals surface area contributed by atoms with E-state index in [4.69, 9.17) is 0 Å². The first kappa shape index (κ1) is 8.42. The molecule has 0 atom stereocenters. The largest absolute Gasteiger partial charge is 0.299 e. The van der Waals surface area contributed by atoms with Gasteiger partial charge in [0.2, 0.25) is 0 Å². The van der Waals surface area contributed by atoms with E-state index in [1.54, 1.807) is 16.8 Å². The van der Waals surface area contributed by atoms with Gasteiger partial charge in [0.15, 0.2) is 5.65 Å². The highest BCUT2D eigenvalue weighted by Crippen LogP contribution is 2.18. The first-order valence-electron chi connectivity index (χ1n) is 3.45. The monoisotopic (exact) mass is 289 g/mol. The Morgan fingerprint density at radius 3 is 3.08 bits per heavy atom. The van der Waals surface area contributed by atoms with E-state index in [0.29, 0.717) is 0 Å². The molecule has 2 aromatic rings. The number of imidazole rings is 1. The van der Waals surface area contributed by atoms with Gasteiger partial charge < -0.3 is 0 Å². The zero-order valence-corrected chi connectivity index (χ0v) is 8.50. The second-order valence-corrected chi connectivity index (χ2v) is 3.62. The van der Waals surface area contributed by atoms with E-state index in [0.717, 1.165) is 9.22 Å². The zero-order chi connectivity index (χ0) is 9.42. The minimum atomic E-state index is -0.415. The normalized spacial score (nSPS) is 10.5. The Hall–Kier alpha value is -1.18. The third-order valence-corrected chi connectivity index (χ3v) is 2.43. The number of hydrogen-bond acceptors (Lipinski definition) is 3. The number of nitro groups is 1. The van der Waals surface area contributed by atoms with Crippen molar-refractivity contribution in [3.05, 3.63) is 38.3 Å². The molecule has 2 aromatic heterocycles. The molecular formula is C7H4IN3O2. The molecule has 0 amide bonds. The van der Waals surface area contributed by atoms with Crippen molar-refractivity contribution in [2.24, 2.45) is 0 Å². The third-order valence-electron chi connectivity index (χ3n) is 1.64. The van der Waals surface area contributed by atoms with Crippen molar-refractivity contribution >= 4 is 33.9 Å². The Bertz CT molecular complexity index is 480. The average Bonchev–Trinajstić information content (AvgIpc) is 2.51. The molecule has 0 aliphatic heterocycles. The lowest BCUT2D eigenvalue weighted by atomic mass is 10.4. The summed E-state index contributed by atoms with van der Waals surface area (Å²) in [6.45, 7) is 0. The maximum absolute atomic E-state index is 10.5.